The highest BCUT2D eigenvalue weighted by molar-refractivity contribution is 7.17. The molecule has 208 valence electrons. The second kappa shape index (κ2) is 12.6. The highest BCUT2D eigenvalue weighted by Gasteiger charge is 2.48. The van der Waals surface area contributed by atoms with E-state index in [0.717, 1.165) is 24.2 Å². The van der Waals surface area contributed by atoms with Gasteiger partial charge in [0.15, 0.2) is 5.13 Å². The highest BCUT2D eigenvalue weighted by atomic mass is 32.1. The Labute approximate surface area is 236 Å². The van der Waals surface area contributed by atoms with Crippen LogP contribution in [0.5, 0.6) is 11.5 Å². The third kappa shape index (κ3) is 5.76. The molecule has 40 heavy (non-hydrogen) atoms. The number of aliphatic hydroxyl groups is 1. The van der Waals surface area contributed by atoms with Crippen LogP contribution in [0.4, 0.5) is 5.13 Å². The van der Waals surface area contributed by atoms with Gasteiger partial charge < -0.3 is 19.3 Å². The number of thiazole rings is 1. The number of carbonyl (C=O) groups is 3. The van der Waals surface area contributed by atoms with Crippen LogP contribution in [0, 0.1) is 6.92 Å². The van der Waals surface area contributed by atoms with Crippen LogP contribution in [0.3, 0.4) is 0 Å². The Bertz CT molecular complexity index is 1460. The van der Waals surface area contributed by atoms with Crippen molar-refractivity contribution in [1.29, 1.82) is 0 Å². The molecule has 1 aliphatic rings. The SMILES string of the molecule is C=CCOC(=O)c1sc(N2C(=O)C(=O)/C(=C(/O)c3ccc(OCCCC)cc3)C2c2cccc(OC)c2)nc1C. The van der Waals surface area contributed by atoms with E-state index in [2.05, 4.69) is 18.5 Å². The number of methoxy groups -OCH3 is 1. The first-order chi connectivity index (χ1) is 19.3. The Kier molecular flexibility index (Phi) is 9.00. The summed E-state index contributed by atoms with van der Waals surface area (Å²) in [6, 6.07) is 12.5. The molecule has 2 heterocycles. The number of hydrogen-bond donors (Lipinski definition) is 1. The molecule has 1 fully saturated rings. The summed E-state index contributed by atoms with van der Waals surface area (Å²) in [4.78, 5) is 45.3. The van der Waals surface area contributed by atoms with Crippen molar-refractivity contribution in [3.63, 3.8) is 0 Å². The van der Waals surface area contributed by atoms with Gasteiger partial charge in [0.1, 0.15) is 28.7 Å². The Hall–Kier alpha value is -4.44. The monoisotopic (exact) mass is 562 g/mol. The molecule has 0 saturated carbocycles. The van der Waals surface area contributed by atoms with Gasteiger partial charge in [-0.1, -0.05) is 49.5 Å². The quantitative estimate of drug-likeness (QED) is 0.0801. The maximum atomic E-state index is 13.5. The Morgan fingerprint density at radius 2 is 1.93 bits per heavy atom. The number of rotatable bonds is 11. The van der Waals surface area contributed by atoms with Gasteiger partial charge >= 0.3 is 11.9 Å². The molecule has 1 amide bonds. The van der Waals surface area contributed by atoms with Crippen molar-refractivity contribution in [2.24, 2.45) is 0 Å². The van der Waals surface area contributed by atoms with Crippen LogP contribution >= 0.6 is 11.3 Å². The number of ketones is 1. The van der Waals surface area contributed by atoms with Crippen LogP contribution in [-0.4, -0.2) is 48.1 Å². The van der Waals surface area contributed by atoms with Crippen LogP contribution in [0.1, 0.15) is 52.3 Å². The molecule has 10 heteroatoms. The molecule has 0 aliphatic carbocycles. The van der Waals surface area contributed by atoms with Crippen LogP contribution in [0.25, 0.3) is 5.76 Å². The molecule has 0 spiro atoms. The lowest BCUT2D eigenvalue weighted by Gasteiger charge is -2.23. The number of ether oxygens (including phenoxy) is 3. The van der Waals surface area contributed by atoms with Crippen molar-refractivity contribution in [3.05, 3.63) is 88.5 Å². The molecule has 9 nitrogen and oxygen atoms in total. The Morgan fingerprint density at radius 3 is 2.60 bits per heavy atom. The number of Topliss-reactive ketones (excluding diaryl/α,β-unsaturated/α-hetero) is 1. The number of carbonyl (C=O) groups excluding carboxylic acids is 3. The predicted molar refractivity (Wildman–Crippen MR) is 152 cm³/mol. The number of amides is 1. The summed E-state index contributed by atoms with van der Waals surface area (Å²) in [5.74, 6) is -1.58. The van der Waals surface area contributed by atoms with Crippen LogP contribution in [-0.2, 0) is 14.3 Å². The van der Waals surface area contributed by atoms with Crippen LogP contribution in [0.2, 0.25) is 0 Å². The number of anilines is 1. The zero-order valence-corrected chi connectivity index (χ0v) is 23.3. The van der Waals surface area contributed by atoms with Gasteiger partial charge in [-0.2, -0.15) is 0 Å². The van der Waals surface area contributed by atoms with E-state index in [4.69, 9.17) is 14.2 Å². The first-order valence-electron chi connectivity index (χ1n) is 12.7. The molecule has 1 aromatic heterocycles. The number of aromatic nitrogens is 1. The summed E-state index contributed by atoms with van der Waals surface area (Å²) >= 11 is 0.931. The van der Waals surface area contributed by atoms with Crippen molar-refractivity contribution in [3.8, 4) is 11.5 Å². The minimum Gasteiger partial charge on any atom is -0.507 e. The molecular weight excluding hydrogens is 532 g/mol. The maximum Gasteiger partial charge on any atom is 0.350 e. The van der Waals surface area contributed by atoms with E-state index >= 15 is 0 Å². The van der Waals surface area contributed by atoms with E-state index in [9.17, 15) is 19.5 Å². The van der Waals surface area contributed by atoms with Crippen LogP contribution < -0.4 is 14.4 Å². The fourth-order valence-electron chi connectivity index (χ4n) is 4.23. The van der Waals surface area contributed by atoms with E-state index in [1.54, 1.807) is 55.5 Å². The summed E-state index contributed by atoms with van der Waals surface area (Å²) < 4.78 is 16.2. The van der Waals surface area contributed by atoms with Gasteiger partial charge in [0.25, 0.3) is 5.78 Å². The van der Waals surface area contributed by atoms with Gasteiger partial charge in [0, 0.05) is 5.56 Å². The minimum absolute atomic E-state index is 0.0161. The first kappa shape index (κ1) is 28.6. The minimum atomic E-state index is -1.03. The molecular formula is C30H30N2O7S. The predicted octanol–water partition coefficient (Wildman–Crippen LogP) is 5.61. The number of unbranched alkanes of at least 4 members (excludes halogenated alkanes) is 1. The number of hydrogen-bond acceptors (Lipinski definition) is 9. The smallest absolute Gasteiger partial charge is 0.350 e. The van der Waals surface area contributed by atoms with Crippen molar-refractivity contribution < 1.29 is 33.7 Å². The van der Waals surface area contributed by atoms with Crippen molar-refractivity contribution in [1.82, 2.24) is 4.98 Å². The van der Waals surface area contributed by atoms with Gasteiger partial charge in [-0.05, 0) is 55.3 Å². The fourth-order valence-corrected chi connectivity index (χ4v) is 5.22. The zero-order chi connectivity index (χ0) is 28.8. The molecule has 1 aliphatic heterocycles. The van der Waals surface area contributed by atoms with Gasteiger partial charge in [-0.15, -0.1) is 0 Å². The molecule has 1 N–H and O–H groups in total. The van der Waals surface area contributed by atoms with E-state index in [1.807, 2.05) is 0 Å². The largest absolute Gasteiger partial charge is 0.507 e. The molecule has 4 rings (SSSR count). The summed E-state index contributed by atoms with van der Waals surface area (Å²) in [6.45, 7) is 7.81. The molecule has 3 aromatic rings. The molecule has 1 atom stereocenters. The average molecular weight is 563 g/mol. The summed E-state index contributed by atoms with van der Waals surface area (Å²) in [5.41, 5.74) is 1.10. The maximum absolute atomic E-state index is 13.5. The molecule has 2 aromatic carbocycles. The number of aliphatic hydroxyl groups excluding tert-OH is 1. The normalized spacial score (nSPS) is 16.2. The number of esters is 1. The van der Waals surface area contributed by atoms with Crippen LogP contribution in [0.15, 0.2) is 66.8 Å². The fraction of sp³-hybridized carbons (Fsp3) is 0.267. The first-order valence-corrected chi connectivity index (χ1v) is 13.6. The highest BCUT2D eigenvalue weighted by Crippen LogP contribution is 2.44. The lowest BCUT2D eigenvalue weighted by atomic mass is 9.95. The van der Waals surface area contributed by atoms with E-state index in [1.165, 1.54) is 18.1 Å². The second-order valence-corrected chi connectivity index (χ2v) is 9.95. The lowest BCUT2D eigenvalue weighted by Crippen LogP contribution is -2.29. The average Bonchev–Trinajstić information content (AvgIpc) is 3.48. The summed E-state index contributed by atoms with van der Waals surface area (Å²) in [7, 11) is 1.51. The van der Waals surface area contributed by atoms with E-state index in [0.29, 0.717) is 34.9 Å². The van der Waals surface area contributed by atoms with Crippen molar-refractivity contribution >= 4 is 39.9 Å². The zero-order valence-electron chi connectivity index (χ0n) is 22.5. The molecule has 0 bridgehead atoms. The number of nitrogens with zero attached hydrogens (tertiary/aromatic N) is 2. The summed E-state index contributed by atoms with van der Waals surface area (Å²) in [6.07, 6.45) is 3.36. The van der Waals surface area contributed by atoms with Gasteiger partial charge in [-0.3, -0.25) is 14.5 Å². The summed E-state index contributed by atoms with van der Waals surface area (Å²) in [5, 5.41) is 11.5. The Morgan fingerprint density at radius 1 is 1.18 bits per heavy atom. The second-order valence-electron chi connectivity index (χ2n) is 8.97. The third-order valence-corrected chi connectivity index (χ3v) is 7.39. The Balaban J connectivity index is 1.81. The molecule has 1 saturated heterocycles. The van der Waals surface area contributed by atoms with Crippen molar-refractivity contribution in [2.45, 2.75) is 32.7 Å². The topological polar surface area (TPSA) is 115 Å². The third-order valence-electron chi connectivity index (χ3n) is 6.26. The van der Waals surface area contributed by atoms with Gasteiger partial charge in [0.05, 0.1) is 31.0 Å². The molecule has 1 unspecified atom stereocenters. The lowest BCUT2D eigenvalue weighted by molar-refractivity contribution is -0.132. The van der Waals surface area contributed by atoms with E-state index in [-0.39, 0.29) is 27.9 Å². The van der Waals surface area contributed by atoms with E-state index < -0.39 is 23.7 Å². The standard InChI is InChI=1S/C30H30N2O7S/c1-5-7-16-38-21-13-11-19(12-14-21)25(33)23-24(20-9-8-10-22(17-20)37-4)32(28(35)26(23)34)30-31-18(3)27(40-30)29(36)39-15-6-2/h6,8-14,17,24,33H,2,5,7,15-16H2,1,3-4H3/b25-23+. The van der Waals surface area contributed by atoms with Gasteiger partial charge in [0.2, 0.25) is 0 Å². The number of aryl methyl sites for hydroxylation is 1. The van der Waals surface area contributed by atoms with Gasteiger partial charge in [-0.25, -0.2) is 9.78 Å². The van der Waals surface area contributed by atoms with Crippen molar-refractivity contribution in [2.75, 3.05) is 25.2 Å². The molecule has 0 radical (unpaired) electrons. The number of benzene rings is 2.